The van der Waals surface area contributed by atoms with Crippen molar-refractivity contribution in [2.24, 2.45) is 0 Å². The van der Waals surface area contributed by atoms with E-state index in [0.29, 0.717) is 11.3 Å². The van der Waals surface area contributed by atoms with Crippen LogP contribution in [0.25, 0.3) is 11.1 Å². The van der Waals surface area contributed by atoms with Crippen LogP contribution in [0, 0.1) is 0 Å². The first-order valence-electron chi connectivity index (χ1n) is 7.75. The molecule has 3 rings (SSSR count). The summed E-state index contributed by atoms with van der Waals surface area (Å²) in [6, 6.07) is 14.5. The van der Waals surface area contributed by atoms with Gasteiger partial charge in [0, 0.05) is 37.4 Å². The number of amides is 1. The zero-order valence-corrected chi connectivity index (χ0v) is 14.0. The Labute approximate surface area is 142 Å². The molecule has 1 fully saturated rings. The summed E-state index contributed by atoms with van der Waals surface area (Å²) >= 11 is 0. The van der Waals surface area contributed by atoms with Crippen LogP contribution in [0.4, 0.5) is 5.69 Å². The number of anilines is 1. The summed E-state index contributed by atoms with van der Waals surface area (Å²) in [7, 11) is -2.68. The summed E-state index contributed by atoms with van der Waals surface area (Å²) in [6.07, 6.45) is 0. The summed E-state index contributed by atoms with van der Waals surface area (Å²) in [5.41, 5.74) is 3.00. The van der Waals surface area contributed by atoms with Gasteiger partial charge in [0.15, 0.2) is 0 Å². The van der Waals surface area contributed by atoms with Gasteiger partial charge in [0.05, 0.1) is 0 Å². The van der Waals surface area contributed by atoms with Gasteiger partial charge in [-0.1, -0.05) is 24.3 Å². The molecular formula is C17H19N3O3S. The number of piperazine rings is 1. The number of hydrogen-bond acceptors (Lipinski definition) is 4. The van der Waals surface area contributed by atoms with Gasteiger partial charge < -0.3 is 10.2 Å². The Morgan fingerprint density at radius 1 is 1.00 bits per heavy atom. The Bertz CT molecular complexity index is 789. The first-order valence-corrected chi connectivity index (χ1v) is 8.93. The lowest BCUT2D eigenvalue weighted by atomic mass is 10.0. The highest BCUT2D eigenvalue weighted by Gasteiger charge is 2.17. The van der Waals surface area contributed by atoms with E-state index in [9.17, 15) is 13.2 Å². The third-order valence-corrected chi connectivity index (χ3v) is 4.39. The van der Waals surface area contributed by atoms with Crippen molar-refractivity contribution in [1.29, 1.82) is 0 Å². The molecule has 2 aromatic carbocycles. The van der Waals surface area contributed by atoms with Crippen LogP contribution in [0.5, 0.6) is 0 Å². The number of nitrogens with zero attached hydrogens (tertiary/aromatic N) is 1. The zero-order valence-electron chi connectivity index (χ0n) is 13.1. The summed E-state index contributed by atoms with van der Waals surface area (Å²) in [4.78, 5) is 14.3. The maximum Gasteiger partial charge on any atom is 0.253 e. The van der Waals surface area contributed by atoms with Crippen molar-refractivity contribution in [3.63, 3.8) is 0 Å². The first-order chi connectivity index (χ1) is 11.6. The van der Waals surface area contributed by atoms with Crippen molar-refractivity contribution in [3.05, 3.63) is 54.1 Å². The fourth-order valence-electron chi connectivity index (χ4n) is 2.73. The zero-order chi connectivity index (χ0) is 16.9. The molecule has 0 radical (unpaired) electrons. The molecule has 0 atom stereocenters. The van der Waals surface area contributed by atoms with Crippen LogP contribution in [0.3, 0.4) is 0 Å². The molecule has 6 nitrogen and oxygen atoms in total. The van der Waals surface area contributed by atoms with E-state index in [-0.39, 0.29) is 5.91 Å². The smallest absolute Gasteiger partial charge is 0.253 e. The van der Waals surface area contributed by atoms with Crippen LogP contribution >= 0.6 is 0 Å². The summed E-state index contributed by atoms with van der Waals surface area (Å²) in [6.45, 7) is 3.10. The molecule has 126 valence electrons. The van der Waals surface area contributed by atoms with Crippen molar-refractivity contribution in [2.45, 2.75) is 0 Å². The number of carbonyl (C=O) groups is 1. The van der Waals surface area contributed by atoms with E-state index in [1.54, 1.807) is 18.2 Å². The second kappa shape index (κ2) is 7.46. The van der Waals surface area contributed by atoms with Gasteiger partial charge in [-0.15, -0.1) is 0 Å². The maximum absolute atomic E-state index is 12.4. The molecule has 0 bridgehead atoms. The second-order valence-electron chi connectivity index (χ2n) is 5.57. The van der Waals surface area contributed by atoms with Crippen molar-refractivity contribution in [1.82, 2.24) is 10.2 Å². The van der Waals surface area contributed by atoms with Gasteiger partial charge in [-0.2, -0.15) is 0 Å². The fraction of sp³-hybridized carbons (Fsp3) is 0.235. The van der Waals surface area contributed by atoms with E-state index in [0.717, 1.165) is 37.3 Å². The average molecular weight is 345 g/mol. The quantitative estimate of drug-likeness (QED) is 0.731. The van der Waals surface area contributed by atoms with Gasteiger partial charge >= 0.3 is 0 Å². The van der Waals surface area contributed by atoms with Crippen LogP contribution in [0.2, 0.25) is 0 Å². The summed E-state index contributed by atoms with van der Waals surface area (Å²) < 4.78 is 23.9. The molecule has 0 aromatic heterocycles. The lowest BCUT2D eigenvalue weighted by Gasteiger charge is -2.27. The van der Waals surface area contributed by atoms with Crippen LogP contribution in [-0.4, -0.2) is 45.4 Å². The van der Waals surface area contributed by atoms with Crippen LogP contribution in [-0.2, 0) is 10.9 Å². The number of nitrogens with one attached hydrogen (secondary N) is 2. The monoisotopic (exact) mass is 345 g/mol. The highest BCUT2D eigenvalue weighted by molar-refractivity contribution is 7.73. The molecule has 1 saturated heterocycles. The molecule has 2 aromatic rings. The number of rotatable bonds is 4. The van der Waals surface area contributed by atoms with Gasteiger partial charge in [-0.05, 0) is 35.4 Å². The van der Waals surface area contributed by atoms with Gasteiger partial charge in [0.1, 0.15) is 0 Å². The normalized spacial score (nSPS) is 14.6. The Kier molecular flexibility index (Phi) is 5.12. The topological polar surface area (TPSA) is 78.5 Å². The lowest BCUT2D eigenvalue weighted by Crippen LogP contribution is -2.46. The van der Waals surface area contributed by atoms with Crippen molar-refractivity contribution in [2.75, 3.05) is 30.9 Å². The third-order valence-electron chi connectivity index (χ3n) is 3.95. The molecule has 1 amide bonds. The highest BCUT2D eigenvalue weighted by atomic mass is 32.2. The maximum atomic E-state index is 12.4. The van der Waals surface area contributed by atoms with Gasteiger partial charge in [0.2, 0.25) is 10.9 Å². The van der Waals surface area contributed by atoms with E-state index >= 15 is 0 Å². The fourth-order valence-corrected chi connectivity index (χ4v) is 3.08. The van der Waals surface area contributed by atoms with Gasteiger partial charge in [-0.3, -0.25) is 9.52 Å². The molecule has 0 spiro atoms. The van der Waals surface area contributed by atoms with Crippen molar-refractivity contribution >= 4 is 22.5 Å². The van der Waals surface area contributed by atoms with E-state index in [4.69, 9.17) is 0 Å². The standard InChI is InChI=1S/C17H19N3O3S/c21-17(20-10-8-18-9-11-20)14-6-4-13(5-7-14)15-2-1-3-16(12-15)19-24(22)23/h1-7,12,18,24H,8-11H2,(H,19,22,23). The minimum Gasteiger partial charge on any atom is -0.336 e. The summed E-state index contributed by atoms with van der Waals surface area (Å²) in [5, 5.41) is 3.23. The first kappa shape index (κ1) is 16.5. The Balaban J connectivity index is 1.78. The third kappa shape index (κ3) is 3.93. The molecule has 1 aliphatic rings. The molecule has 24 heavy (non-hydrogen) atoms. The average Bonchev–Trinajstić information content (AvgIpc) is 2.62. The molecule has 1 aliphatic heterocycles. The predicted octanol–water partition coefficient (Wildman–Crippen LogP) is 1.34. The Morgan fingerprint density at radius 3 is 2.38 bits per heavy atom. The lowest BCUT2D eigenvalue weighted by molar-refractivity contribution is 0.0736. The molecule has 2 N–H and O–H groups in total. The highest BCUT2D eigenvalue weighted by Crippen LogP contribution is 2.23. The molecule has 7 heteroatoms. The van der Waals surface area contributed by atoms with Crippen LogP contribution < -0.4 is 10.0 Å². The van der Waals surface area contributed by atoms with Crippen molar-refractivity contribution < 1.29 is 13.2 Å². The summed E-state index contributed by atoms with van der Waals surface area (Å²) in [5.74, 6) is 0.0434. The SMILES string of the molecule is O=C(c1ccc(-c2cccc(N[SH](=O)=O)c2)cc1)N1CCNCC1. The van der Waals surface area contributed by atoms with Gasteiger partial charge in [-0.25, -0.2) is 8.42 Å². The van der Waals surface area contributed by atoms with E-state index in [2.05, 4.69) is 10.0 Å². The molecule has 0 aliphatic carbocycles. The predicted molar refractivity (Wildman–Crippen MR) is 94.6 cm³/mol. The number of thiol groups is 1. The van der Waals surface area contributed by atoms with Crippen LogP contribution in [0.15, 0.2) is 48.5 Å². The van der Waals surface area contributed by atoms with E-state index in [1.807, 2.05) is 35.2 Å². The largest absolute Gasteiger partial charge is 0.336 e. The number of benzene rings is 2. The minimum atomic E-state index is -2.68. The molecule has 0 unspecified atom stereocenters. The molecular weight excluding hydrogens is 326 g/mol. The second-order valence-corrected chi connectivity index (χ2v) is 6.31. The van der Waals surface area contributed by atoms with Gasteiger partial charge in [0.25, 0.3) is 5.91 Å². The van der Waals surface area contributed by atoms with Crippen LogP contribution in [0.1, 0.15) is 10.4 Å². The van der Waals surface area contributed by atoms with E-state index < -0.39 is 10.9 Å². The Hall–Kier alpha value is -2.38. The number of hydrogen-bond donors (Lipinski definition) is 3. The molecule has 0 saturated carbocycles. The number of carbonyl (C=O) groups excluding carboxylic acids is 1. The van der Waals surface area contributed by atoms with Crippen molar-refractivity contribution in [3.8, 4) is 11.1 Å². The molecule has 1 heterocycles. The minimum absolute atomic E-state index is 0.0434. The van der Waals surface area contributed by atoms with E-state index in [1.165, 1.54) is 0 Å². The Morgan fingerprint density at radius 2 is 1.71 bits per heavy atom.